The van der Waals surface area contributed by atoms with Crippen molar-refractivity contribution < 1.29 is 4.79 Å². The summed E-state index contributed by atoms with van der Waals surface area (Å²) < 4.78 is 0. The number of anilines is 1. The van der Waals surface area contributed by atoms with Crippen molar-refractivity contribution in [1.29, 1.82) is 0 Å². The second-order valence-corrected chi connectivity index (χ2v) is 4.15. The lowest BCUT2D eigenvalue weighted by Crippen LogP contribution is -2.17. The topological polar surface area (TPSA) is 74.8 Å². The number of nitrogens with zero attached hydrogens (tertiary/aromatic N) is 1. The summed E-state index contributed by atoms with van der Waals surface area (Å²) in [4.78, 5) is 28.8. The molecule has 0 aliphatic heterocycles. The molecule has 18 heavy (non-hydrogen) atoms. The quantitative estimate of drug-likeness (QED) is 0.870. The van der Waals surface area contributed by atoms with Gasteiger partial charge in [-0.15, -0.1) is 0 Å². The van der Waals surface area contributed by atoms with Crippen LogP contribution in [0.4, 0.5) is 5.69 Å². The van der Waals surface area contributed by atoms with Gasteiger partial charge in [0.15, 0.2) is 0 Å². The highest BCUT2D eigenvalue weighted by Gasteiger charge is 2.09. The van der Waals surface area contributed by atoms with E-state index in [1.807, 2.05) is 6.92 Å². The molecule has 2 rings (SSSR count). The Kier molecular flexibility index (Phi) is 3.43. The first-order chi connectivity index (χ1) is 8.56. The highest BCUT2D eigenvalue weighted by atomic mass is 35.5. The molecular formula is C12H10ClN3O2. The summed E-state index contributed by atoms with van der Waals surface area (Å²) in [6, 6.07) is 5.14. The molecule has 2 aromatic rings. The van der Waals surface area contributed by atoms with Crippen LogP contribution in [0.1, 0.15) is 16.1 Å². The largest absolute Gasteiger partial charge is 0.325 e. The molecule has 6 heteroatoms. The number of amides is 1. The molecule has 0 spiro atoms. The summed E-state index contributed by atoms with van der Waals surface area (Å²) in [7, 11) is 0. The van der Waals surface area contributed by atoms with Crippen molar-refractivity contribution in [2.75, 3.05) is 5.32 Å². The van der Waals surface area contributed by atoms with E-state index in [4.69, 9.17) is 11.6 Å². The maximum absolute atomic E-state index is 11.8. The van der Waals surface area contributed by atoms with Crippen LogP contribution in [0.25, 0.3) is 0 Å². The van der Waals surface area contributed by atoms with Crippen LogP contribution >= 0.6 is 11.6 Å². The fraction of sp³-hybridized carbons (Fsp3) is 0.0833. The van der Waals surface area contributed by atoms with Gasteiger partial charge in [-0.05, 0) is 30.7 Å². The summed E-state index contributed by atoms with van der Waals surface area (Å²) >= 11 is 5.82. The Labute approximate surface area is 108 Å². The molecule has 92 valence electrons. The number of aryl methyl sites for hydroxylation is 1. The van der Waals surface area contributed by atoms with E-state index in [9.17, 15) is 9.59 Å². The monoisotopic (exact) mass is 263 g/mol. The van der Waals surface area contributed by atoms with Crippen molar-refractivity contribution in [2.45, 2.75) is 6.92 Å². The van der Waals surface area contributed by atoms with Crippen molar-refractivity contribution in [1.82, 2.24) is 9.97 Å². The maximum Gasteiger partial charge on any atom is 0.275 e. The Balaban J connectivity index is 2.21. The highest BCUT2D eigenvalue weighted by molar-refractivity contribution is 6.30. The third-order valence-electron chi connectivity index (χ3n) is 2.34. The minimum atomic E-state index is -0.392. The number of benzene rings is 1. The van der Waals surface area contributed by atoms with Gasteiger partial charge in [0.25, 0.3) is 11.5 Å². The van der Waals surface area contributed by atoms with Crippen LogP contribution in [0, 0.1) is 6.92 Å². The van der Waals surface area contributed by atoms with E-state index < -0.39 is 5.91 Å². The number of carbonyl (C=O) groups is 1. The summed E-state index contributed by atoms with van der Waals surface area (Å²) in [5.41, 5.74) is 1.29. The average Bonchev–Trinajstić information content (AvgIpc) is 2.33. The van der Waals surface area contributed by atoms with E-state index in [0.29, 0.717) is 10.7 Å². The van der Waals surface area contributed by atoms with Gasteiger partial charge in [0.05, 0.1) is 6.20 Å². The number of aromatic amines is 1. The second kappa shape index (κ2) is 5.01. The van der Waals surface area contributed by atoms with Crippen LogP contribution in [0.5, 0.6) is 0 Å². The predicted octanol–water partition coefficient (Wildman–Crippen LogP) is 1.98. The van der Waals surface area contributed by atoms with Crippen molar-refractivity contribution in [2.24, 2.45) is 0 Å². The molecule has 0 radical (unpaired) electrons. The van der Waals surface area contributed by atoms with Gasteiger partial charge in [-0.25, -0.2) is 4.98 Å². The minimum Gasteiger partial charge on any atom is -0.325 e. The molecule has 0 aliphatic carbocycles. The fourth-order valence-corrected chi connectivity index (χ4v) is 1.65. The number of carbonyl (C=O) groups excluding carboxylic acids is 1. The van der Waals surface area contributed by atoms with E-state index in [1.165, 1.54) is 6.20 Å². The molecule has 0 aliphatic rings. The molecular weight excluding hydrogens is 254 g/mol. The molecule has 1 amide bonds. The number of hydrogen-bond acceptors (Lipinski definition) is 3. The molecule has 0 atom stereocenters. The standard InChI is InChI=1S/C12H10ClN3O2/c1-7-4-8(13)2-3-9(7)16-12(18)10-5-15-11(17)6-14-10/h2-6H,1H3,(H,15,17)(H,16,18). The van der Waals surface area contributed by atoms with Crippen molar-refractivity contribution >= 4 is 23.2 Å². The number of H-pyrrole nitrogens is 1. The summed E-state index contributed by atoms with van der Waals surface area (Å²) in [6.45, 7) is 1.84. The van der Waals surface area contributed by atoms with Gasteiger partial charge in [0.1, 0.15) is 5.69 Å². The van der Waals surface area contributed by atoms with Crippen LogP contribution in [0.3, 0.4) is 0 Å². The zero-order valence-corrected chi connectivity index (χ0v) is 10.3. The van der Waals surface area contributed by atoms with E-state index in [2.05, 4.69) is 15.3 Å². The fourth-order valence-electron chi connectivity index (χ4n) is 1.42. The van der Waals surface area contributed by atoms with Crippen LogP contribution in [-0.4, -0.2) is 15.9 Å². The Morgan fingerprint density at radius 3 is 2.83 bits per heavy atom. The van der Waals surface area contributed by atoms with Gasteiger partial charge in [0, 0.05) is 16.9 Å². The molecule has 0 saturated carbocycles. The van der Waals surface area contributed by atoms with E-state index in [1.54, 1.807) is 18.2 Å². The van der Waals surface area contributed by atoms with Crippen LogP contribution in [0.2, 0.25) is 5.02 Å². The third kappa shape index (κ3) is 2.75. The van der Waals surface area contributed by atoms with E-state index in [0.717, 1.165) is 11.8 Å². The smallest absolute Gasteiger partial charge is 0.275 e. The minimum absolute atomic E-state index is 0.143. The lowest BCUT2D eigenvalue weighted by Gasteiger charge is -2.07. The van der Waals surface area contributed by atoms with Crippen molar-refractivity contribution in [3.8, 4) is 0 Å². The zero-order chi connectivity index (χ0) is 13.1. The van der Waals surface area contributed by atoms with Crippen molar-refractivity contribution in [3.63, 3.8) is 0 Å². The Morgan fingerprint density at radius 1 is 1.44 bits per heavy atom. The van der Waals surface area contributed by atoms with Gasteiger partial charge in [-0.3, -0.25) is 9.59 Å². The summed E-state index contributed by atoms with van der Waals surface area (Å²) in [6.07, 6.45) is 2.33. The number of aromatic nitrogens is 2. The molecule has 0 unspecified atom stereocenters. The van der Waals surface area contributed by atoms with Crippen LogP contribution in [0.15, 0.2) is 35.4 Å². The van der Waals surface area contributed by atoms with Crippen molar-refractivity contribution in [3.05, 3.63) is 57.2 Å². The zero-order valence-electron chi connectivity index (χ0n) is 9.53. The number of halogens is 1. The molecule has 1 aromatic heterocycles. The molecule has 0 bridgehead atoms. The molecule has 1 aromatic carbocycles. The Hall–Kier alpha value is -2.14. The lowest BCUT2D eigenvalue weighted by atomic mass is 10.2. The highest BCUT2D eigenvalue weighted by Crippen LogP contribution is 2.19. The number of hydrogen-bond donors (Lipinski definition) is 2. The second-order valence-electron chi connectivity index (χ2n) is 3.71. The van der Waals surface area contributed by atoms with Gasteiger partial charge >= 0.3 is 0 Å². The van der Waals surface area contributed by atoms with Gasteiger partial charge in [-0.1, -0.05) is 11.6 Å². The van der Waals surface area contributed by atoms with E-state index >= 15 is 0 Å². The van der Waals surface area contributed by atoms with Crippen LogP contribution in [-0.2, 0) is 0 Å². The lowest BCUT2D eigenvalue weighted by molar-refractivity contribution is 0.102. The first kappa shape index (κ1) is 12.3. The van der Waals surface area contributed by atoms with Gasteiger partial charge in [0.2, 0.25) is 0 Å². The SMILES string of the molecule is Cc1cc(Cl)ccc1NC(=O)c1c[nH]c(=O)cn1. The van der Waals surface area contributed by atoms with Gasteiger partial charge < -0.3 is 10.3 Å². The van der Waals surface area contributed by atoms with Crippen LogP contribution < -0.4 is 10.9 Å². The Bertz CT molecular complexity index is 632. The third-order valence-corrected chi connectivity index (χ3v) is 2.58. The molecule has 5 nitrogen and oxygen atoms in total. The molecule has 0 saturated heterocycles. The molecule has 1 heterocycles. The van der Waals surface area contributed by atoms with E-state index in [-0.39, 0.29) is 11.3 Å². The molecule has 2 N–H and O–H groups in total. The first-order valence-electron chi connectivity index (χ1n) is 5.18. The maximum atomic E-state index is 11.8. The number of rotatable bonds is 2. The number of nitrogens with one attached hydrogen (secondary N) is 2. The first-order valence-corrected chi connectivity index (χ1v) is 5.56. The Morgan fingerprint density at radius 2 is 2.22 bits per heavy atom. The summed E-state index contributed by atoms with van der Waals surface area (Å²) in [5, 5.41) is 3.30. The normalized spacial score (nSPS) is 10.1. The summed E-state index contributed by atoms with van der Waals surface area (Å²) in [5.74, 6) is -0.392. The molecule has 0 fully saturated rings. The predicted molar refractivity (Wildman–Crippen MR) is 69.0 cm³/mol. The van der Waals surface area contributed by atoms with Gasteiger partial charge in [-0.2, -0.15) is 0 Å². The average molecular weight is 264 g/mol.